The van der Waals surface area contributed by atoms with Crippen molar-refractivity contribution in [2.45, 2.75) is 32.5 Å². The maximum atomic E-state index is 11.7. The van der Waals surface area contributed by atoms with Gasteiger partial charge in [-0.25, -0.2) is 0 Å². The van der Waals surface area contributed by atoms with Gasteiger partial charge < -0.3 is 9.47 Å². The minimum atomic E-state index is -0.152. The van der Waals surface area contributed by atoms with Crippen LogP contribution in [0.1, 0.15) is 20.3 Å². The number of ether oxygens (including phenoxy) is 2. The highest BCUT2D eigenvalue weighted by atomic mass is 16.5. The second kappa shape index (κ2) is 4.78. The van der Waals surface area contributed by atoms with Crippen LogP contribution >= 0.6 is 0 Å². The molecule has 0 N–H and O–H groups in total. The zero-order valence-corrected chi connectivity index (χ0v) is 9.68. The van der Waals surface area contributed by atoms with Gasteiger partial charge in [-0.05, 0) is 20.3 Å². The van der Waals surface area contributed by atoms with Crippen molar-refractivity contribution in [3.05, 3.63) is 12.2 Å². The predicted octanol–water partition coefficient (Wildman–Crippen LogP) is 1.35. The van der Waals surface area contributed by atoms with E-state index in [4.69, 9.17) is 9.47 Å². The van der Waals surface area contributed by atoms with Crippen LogP contribution in [0.5, 0.6) is 0 Å². The molecule has 2 rings (SSSR count). The van der Waals surface area contributed by atoms with Gasteiger partial charge in [0.05, 0.1) is 24.7 Å². The summed E-state index contributed by atoms with van der Waals surface area (Å²) in [4.78, 5) is 15.9. The van der Waals surface area contributed by atoms with Crippen molar-refractivity contribution in [2.75, 3.05) is 13.2 Å². The quantitative estimate of drug-likeness (QED) is 0.313. The number of hydrogen-bond donors (Lipinski definition) is 0. The molecule has 4 nitrogen and oxygen atoms in total. The lowest BCUT2D eigenvalue weighted by Crippen LogP contribution is -2.26. The zero-order chi connectivity index (χ0) is 11.5. The standard InChI is InChI=1S/C12H17NO3/c1-8(2)13-5-6-15-12(14)10-7-9-3-4-11(10)16-9/h3-4,9-11H,5-7H2,1-2H3/t9-,10-,11+/m1/s1. The molecule has 2 bridgehead atoms. The number of carbonyl (C=O) groups is 1. The number of esters is 1. The smallest absolute Gasteiger partial charge is 0.312 e. The summed E-state index contributed by atoms with van der Waals surface area (Å²) in [6.07, 6.45) is 4.79. The number of aliphatic imine (C=N–C) groups is 1. The van der Waals surface area contributed by atoms with E-state index in [1.807, 2.05) is 26.0 Å². The molecule has 0 spiro atoms. The van der Waals surface area contributed by atoms with Crippen molar-refractivity contribution in [3.63, 3.8) is 0 Å². The highest BCUT2D eigenvalue weighted by Crippen LogP contribution is 2.34. The van der Waals surface area contributed by atoms with Crippen molar-refractivity contribution >= 4 is 11.7 Å². The maximum absolute atomic E-state index is 11.7. The summed E-state index contributed by atoms with van der Waals surface area (Å²) in [5, 5.41) is 0. The average Bonchev–Trinajstić information content (AvgIpc) is 2.85. The molecular formula is C12H17NO3. The summed E-state index contributed by atoms with van der Waals surface area (Å²) in [7, 11) is 0. The fourth-order valence-corrected chi connectivity index (χ4v) is 2.03. The van der Waals surface area contributed by atoms with Gasteiger partial charge in [0, 0.05) is 5.71 Å². The van der Waals surface area contributed by atoms with E-state index < -0.39 is 0 Å². The summed E-state index contributed by atoms with van der Waals surface area (Å²) in [6.45, 7) is 4.76. The number of fused-ring (bicyclic) bond motifs is 2. The first-order chi connectivity index (χ1) is 7.66. The van der Waals surface area contributed by atoms with Crippen molar-refractivity contribution in [2.24, 2.45) is 10.9 Å². The van der Waals surface area contributed by atoms with Crippen LogP contribution in [0, 0.1) is 5.92 Å². The predicted molar refractivity (Wildman–Crippen MR) is 60.5 cm³/mol. The number of nitrogens with zero attached hydrogens (tertiary/aromatic N) is 1. The molecule has 0 amide bonds. The summed E-state index contributed by atoms with van der Waals surface area (Å²) >= 11 is 0. The molecule has 88 valence electrons. The molecule has 0 aromatic heterocycles. The summed E-state index contributed by atoms with van der Waals surface area (Å²) in [6, 6.07) is 0. The largest absolute Gasteiger partial charge is 0.463 e. The topological polar surface area (TPSA) is 47.9 Å². The lowest BCUT2D eigenvalue weighted by atomic mass is 9.95. The number of carbonyl (C=O) groups excluding carboxylic acids is 1. The number of hydrogen-bond acceptors (Lipinski definition) is 4. The van der Waals surface area contributed by atoms with Crippen LogP contribution in [-0.2, 0) is 14.3 Å². The van der Waals surface area contributed by atoms with E-state index in [0.29, 0.717) is 13.2 Å². The van der Waals surface area contributed by atoms with Crippen LogP contribution in [0.15, 0.2) is 17.1 Å². The second-order valence-electron chi connectivity index (χ2n) is 4.36. The van der Waals surface area contributed by atoms with Crippen molar-refractivity contribution in [1.29, 1.82) is 0 Å². The Bertz CT molecular complexity index is 331. The molecule has 0 aromatic rings. The highest BCUT2D eigenvalue weighted by Gasteiger charge is 2.41. The first kappa shape index (κ1) is 11.3. The van der Waals surface area contributed by atoms with Gasteiger partial charge in [-0.15, -0.1) is 0 Å². The van der Waals surface area contributed by atoms with Crippen molar-refractivity contribution in [1.82, 2.24) is 0 Å². The molecular weight excluding hydrogens is 206 g/mol. The summed E-state index contributed by atoms with van der Waals surface area (Å²) in [5.74, 6) is -0.262. The Hall–Kier alpha value is -1.16. The zero-order valence-electron chi connectivity index (χ0n) is 9.68. The molecule has 0 unspecified atom stereocenters. The average molecular weight is 223 g/mol. The fraction of sp³-hybridized carbons (Fsp3) is 0.667. The first-order valence-corrected chi connectivity index (χ1v) is 5.65. The van der Waals surface area contributed by atoms with Crippen LogP contribution in [0.3, 0.4) is 0 Å². The second-order valence-corrected chi connectivity index (χ2v) is 4.36. The molecule has 3 atom stereocenters. The summed E-state index contributed by atoms with van der Waals surface area (Å²) in [5.41, 5.74) is 1.00. The van der Waals surface area contributed by atoms with Gasteiger partial charge in [0.2, 0.25) is 0 Å². The SMILES string of the molecule is CC(C)=NCCOC(=O)[C@@H]1C[C@H]2C=C[C@@H]1O2. The van der Waals surface area contributed by atoms with E-state index in [2.05, 4.69) is 4.99 Å². The van der Waals surface area contributed by atoms with Gasteiger partial charge in [0.15, 0.2) is 0 Å². The van der Waals surface area contributed by atoms with Gasteiger partial charge >= 0.3 is 5.97 Å². The Balaban J connectivity index is 1.73. The third kappa shape index (κ3) is 2.50. The van der Waals surface area contributed by atoms with E-state index in [-0.39, 0.29) is 24.1 Å². The van der Waals surface area contributed by atoms with Crippen LogP contribution in [0.2, 0.25) is 0 Å². The van der Waals surface area contributed by atoms with Gasteiger partial charge in [0.25, 0.3) is 0 Å². The monoisotopic (exact) mass is 223 g/mol. The first-order valence-electron chi connectivity index (χ1n) is 5.65. The molecule has 16 heavy (non-hydrogen) atoms. The van der Waals surface area contributed by atoms with Crippen molar-refractivity contribution in [3.8, 4) is 0 Å². The Morgan fingerprint density at radius 3 is 2.88 bits per heavy atom. The Morgan fingerprint density at radius 2 is 2.31 bits per heavy atom. The Morgan fingerprint density at radius 1 is 1.50 bits per heavy atom. The molecule has 0 aromatic carbocycles. The van der Waals surface area contributed by atoms with Gasteiger partial charge in [-0.2, -0.15) is 0 Å². The lowest BCUT2D eigenvalue weighted by molar-refractivity contribution is -0.149. The van der Waals surface area contributed by atoms with E-state index in [1.165, 1.54) is 0 Å². The fourth-order valence-electron chi connectivity index (χ4n) is 2.03. The van der Waals surface area contributed by atoms with Crippen LogP contribution < -0.4 is 0 Å². The molecule has 2 aliphatic rings. The molecule has 0 saturated carbocycles. The van der Waals surface area contributed by atoms with Gasteiger partial charge in [-0.3, -0.25) is 9.79 Å². The van der Waals surface area contributed by atoms with E-state index in [9.17, 15) is 4.79 Å². The van der Waals surface area contributed by atoms with E-state index >= 15 is 0 Å². The van der Waals surface area contributed by atoms with Gasteiger partial charge in [-0.1, -0.05) is 12.2 Å². The van der Waals surface area contributed by atoms with Crippen LogP contribution in [-0.4, -0.2) is 37.0 Å². The molecule has 2 aliphatic heterocycles. The molecule has 0 aliphatic carbocycles. The maximum Gasteiger partial charge on any atom is 0.312 e. The lowest BCUT2D eigenvalue weighted by Gasteiger charge is -2.13. The normalized spacial score (nSPS) is 30.5. The highest BCUT2D eigenvalue weighted by molar-refractivity contribution is 5.79. The molecule has 2 heterocycles. The molecule has 1 saturated heterocycles. The van der Waals surface area contributed by atoms with Crippen LogP contribution in [0.4, 0.5) is 0 Å². The molecule has 4 heteroatoms. The molecule has 0 radical (unpaired) electrons. The van der Waals surface area contributed by atoms with E-state index in [1.54, 1.807) is 0 Å². The minimum Gasteiger partial charge on any atom is -0.463 e. The Kier molecular flexibility index (Phi) is 3.39. The minimum absolute atomic E-state index is 0.0612. The Labute approximate surface area is 95.3 Å². The van der Waals surface area contributed by atoms with Crippen molar-refractivity contribution < 1.29 is 14.3 Å². The van der Waals surface area contributed by atoms with Crippen LogP contribution in [0.25, 0.3) is 0 Å². The van der Waals surface area contributed by atoms with Gasteiger partial charge in [0.1, 0.15) is 6.61 Å². The third-order valence-corrected chi connectivity index (χ3v) is 2.80. The third-order valence-electron chi connectivity index (χ3n) is 2.80. The summed E-state index contributed by atoms with van der Waals surface area (Å²) < 4.78 is 10.7. The number of rotatable bonds is 4. The van der Waals surface area contributed by atoms with E-state index in [0.717, 1.165) is 12.1 Å². The molecule has 1 fully saturated rings.